The van der Waals surface area contributed by atoms with E-state index in [1.165, 1.54) is 0 Å². The summed E-state index contributed by atoms with van der Waals surface area (Å²) in [6, 6.07) is 33.7. The molecule has 0 aliphatic rings. The second-order valence-corrected chi connectivity index (χ2v) is 9.38. The van der Waals surface area contributed by atoms with Crippen LogP contribution >= 0.6 is 0 Å². The van der Waals surface area contributed by atoms with E-state index in [0.717, 1.165) is 28.0 Å². The standard InChI is InChI=1S/C33H34N2O4/c1-25-13-15-27(16-14-25)22-34-33(37)31(21-26-9-5-3-6-10-26)35(23-28-17-19-29(38-2)20-18-28)32(36)24-39-30-11-7-4-8-12-30/h3-20,31H,21-24H2,1-2H3,(H,34,37)/t31-/m1/s1. The van der Waals surface area contributed by atoms with Crippen molar-refractivity contribution in [1.82, 2.24) is 10.2 Å². The Bertz CT molecular complexity index is 1320. The van der Waals surface area contributed by atoms with Gasteiger partial charge in [-0.2, -0.15) is 0 Å². The van der Waals surface area contributed by atoms with Crippen molar-refractivity contribution in [3.05, 3.63) is 131 Å². The third-order valence-electron chi connectivity index (χ3n) is 6.48. The van der Waals surface area contributed by atoms with E-state index in [2.05, 4.69) is 5.32 Å². The van der Waals surface area contributed by atoms with Crippen molar-refractivity contribution in [2.24, 2.45) is 0 Å². The van der Waals surface area contributed by atoms with E-state index in [-0.39, 0.29) is 25.0 Å². The Morgan fingerprint density at radius 2 is 1.36 bits per heavy atom. The van der Waals surface area contributed by atoms with Gasteiger partial charge in [0.2, 0.25) is 5.91 Å². The van der Waals surface area contributed by atoms with Crippen molar-refractivity contribution in [3.8, 4) is 11.5 Å². The SMILES string of the molecule is COc1ccc(CN(C(=O)COc2ccccc2)[C@H](Cc2ccccc2)C(=O)NCc2ccc(C)cc2)cc1. The number of hydrogen-bond donors (Lipinski definition) is 1. The molecule has 6 heteroatoms. The van der Waals surface area contributed by atoms with Gasteiger partial charge >= 0.3 is 0 Å². The Balaban J connectivity index is 1.60. The molecule has 0 saturated heterocycles. The van der Waals surface area contributed by atoms with Crippen LogP contribution in [0.5, 0.6) is 11.5 Å². The van der Waals surface area contributed by atoms with Gasteiger partial charge in [-0.05, 0) is 47.9 Å². The number of nitrogens with zero attached hydrogens (tertiary/aromatic N) is 1. The summed E-state index contributed by atoms with van der Waals surface area (Å²) in [5, 5.41) is 3.06. The number of para-hydroxylation sites is 1. The van der Waals surface area contributed by atoms with Gasteiger partial charge < -0.3 is 19.7 Å². The lowest BCUT2D eigenvalue weighted by Gasteiger charge is -2.31. The Labute approximate surface area is 230 Å². The predicted octanol–water partition coefficient (Wildman–Crippen LogP) is 5.34. The number of aryl methyl sites for hydroxylation is 1. The van der Waals surface area contributed by atoms with Gasteiger partial charge in [0.15, 0.2) is 6.61 Å². The van der Waals surface area contributed by atoms with Gasteiger partial charge in [0.25, 0.3) is 5.91 Å². The summed E-state index contributed by atoms with van der Waals surface area (Å²) in [7, 11) is 1.61. The van der Waals surface area contributed by atoms with Crippen LogP contribution in [0.3, 0.4) is 0 Å². The number of amides is 2. The summed E-state index contributed by atoms with van der Waals surface area (Å²) < 4.78 is 11.1. The lowest BCUT2D eigenvalue weighted by molar-refractivity contribution is -0.142. The quantitative estimate of drug-likeness (QED) is 0.273. The highest BCUT2D eigenvalue weighted by molar-refractivity contribution is 5.88. The molecule has 6 nitrogen and oxygen atoms in total. The summed E-state index contributed by atoms with van der Waals surface area (Å²) in [4.78, 5) is 29.0. The van der Waals surface area contributed by atoms with Crippen LogP contribution in [0, 0.1) is 6.92 Å². The third-order valence-corrected chi connectivity index (χ3v) is 6.48. The summed E-state index contributed by atoms with van der Waals surface area (Å²) in [5.41, 5.74) is 3.99. The lowest BCUT2D eigenvalue weighted by atomic mass is 10.0. The first-order valence-electron chi connectivity index (χ1n) is 13.0. The van der Waals surface area contributed by atoms with Crippen molar-refractivity contribution in [3.63, 3.8) is 0 Å². The number of rotatable bonds is 12. The molecule has 0 saturated carbocycles. The smallest absolute Gasteiger partial charge is 0.261 e. The molecule has 0 bridgehead atoms. The van der Waals surface area contributed by atoms with Crippen LogP contribution < -0.4 is 14.8 Å². The highest BCUT2D eigenvalue weighted by atomic mass is 16.5. The Morgan fingerprint density at radius 3 is 2.00 bits per heavy atom. The van der Waals surface area contributed by atoms with Crippen molar-refractivity contribution in [2.75, 3.05) is 13.7 Å². The topological polar surface area (TPSA) is 67.9 Å². The number of nitrogens with one attached hydrogen (secondary N) is 1. The van der Waals surface area contributed by atoms with E-state index in [9.17, 15) is 9.59 Å². The maximum Gasteiger partial charge on any atom is 0.261 e. The number of methoxy groups -OCH3 is 1. The summed E-state index contributed by atoms with van der Waals surface area (Å²) in [6.07, 6.45) is 0.369. The second-order valence-electron chi connectivity index (χ2n) is 9.38. The molecule has 2 amide bonds. The lowest BCUT2D eigenvalue weighted by Crippen LogP contribution is -2.51. The normalized spacial score (nSPS) is 11.3. The minimum Gasteiger partial charge on any atom is -0.497 e. The molecule has 4 aromatic carbocycles. The molecule has 39 heavy (non-hydrogen) atoms. The fourth-order valence-corrected chi connectivity index (χ4v) is 4.24. The summed E-state index contributed by atoms with van der Waals surface area (Å²) >= 11 is 0. The van der Waals surface area contributed by atoms with E-state index in [0.29, 0.717) is 18.7 Å². The molecule has 0 unspecified atom stereocenters. The highest BCUT2D eigenvalue weighted by Crippen LogP contribution is 2.18. The fourth-order valence-electron chi connectivity index (χ4n) is 4.24. The number of carbonyl (C=O) groups excluding carboxylic acids is 2. The van der Waals surface area contributed by atoms with Crippen molar-refractivity contribution in [1.29, 1.82) is 0 Å². The number of hydrogen-bond acceptors (Lipinski definition) is 4. The fraction of sp³-hybridized carbons (Fsp3) is 0.212. The van der Waals surface area contributed by atoms with Crippen LogP contribution in [-0.4, -0.2) is 36.5 Å². The first-order chi connectivity index (χ1) is 19.0. The Hall–Kier alpha value is -4.58. The average Bonchev–Trinajstić information content (AvgIpc) is 2.98. The molecule has 0 aromatic heterocycles. The Kier molecular flexibility index (Phi) is 9.73. The number of carbonyl (C=O) groups is 2. The number of ether oxygens (including phenoxy) is 2. The van der Waals surface area contributed by atoms with Crippen LogP contribution in [0.2, 0.25) is 0 Å². The van der Waals surface area contributed by atoms with Gasteiger partial charge in [0, 0.05) is 19.5 Å². The van der Waals surface area contributed by atoms with Gasteiger partial charge in [-0.3, -0.25) is 9.59 Å². The molecular weight excluding hydrogens is 488 g/mol. The molecule has 4 rings (SSSR count). The molecule has 0 fully saturated rings. The molecule has 4 aromatic rings. The average molecular weight is 523 g/mol. The van der Waals surface area contributed by atoms with E-state index >= 15 is 0 Å². The van der Waals surface area contributed by atoms with E-state index in [4.69, 9.17) is 9.47 Å². The Morgan fingerprint density at radius 1 is 0.744 bits per heavy atom. The molecule has 0 heterocycles. The predicted molar refractivity (Wildman–Crippen MR) is 152 cm³/mol. The second kappa shape index (κ2) is 13.8. The maximum absolute atomic E-state index is 13.7. The van der Waals surface area contributed by atoms with E-state index in [1.807, 2.05) is 104 Å². The van der Waals surface area contributed by atoms with Crippen molar-refractivity contribution in [2.45, 2.75) is 32.5 Å². The van der Waals surface area contributed by atoms with Crippen molar-refractivity contribution < 1.29 is 19.1 Å². The van der Waals surface area contributed by atoms with E-state index in [1.54, 1.807) is 24.1 Å². The molecule has 0 spiro atoms. The molecular formula is C33H34N2O4. The van der Waals surface area contributed by atoms with Gasteiger partial charge in [0.05, 0.1) is 7.11 Å². The van der Waals surface area contributed by atoms with E-state index < -0.39 is 6.04 Å². The van der Waals surface area contributed by atoms with Gasteiger partial charge in [-0.25, -0.2) is 0 Å². The van der Waals surface area contributed by atoms with Gasteiger partial charge in [-0.1, -0.05) is 90.5 Å². The zero-order valence-electron chi connectivity index (χ0n) is 22.4. The number of benzene rings is 4. The first kappa shape index (κ1) is 27.5. The molecule has 0 radical (unpaired) electrons. The highest BCUT2D eigenvalue weighted by Gasteiger charge is 2.30. The monoisotopic (exact) mass is 522 g/mol. The molecule has 1 atom stereocenters. The zero-order chi connectivity index (χ0) is 27.5. The van der Waals surface area contributed by atoms with Gasteiger partial charge in [0.1, 0.15) is 17.5 Å². The van der Waals surface area contributed by atoms with Gasteiger partial charge in [-0.15, -0.1) is 0 Å². The first-order valence-corrected chi connectivity index (χ1v) is 13.0. The van der Waals surface area contributed by atoms with Crippen LogP contribution in [-0.2, 0) is 29.1 Å². The summed E-state index contributed by atoms with van der Waals surface area (Å²) in [6.45, 7) is 2.46. The van der Waals surface area contributed by atoms with Crippen LogP contribution in [0.15, 0.2) is 109 Å². The molecule has 1 N–H and O–H groups in total. The van der Waals surface area contributed by atoms with Crippen LogP contribution in [0.1, 0.15) is 22.3 Å². The van der Waals surface area contributed by atoms with Crippen LogP contribution in [0.4, 0.5) is 0 Å². The zero-order valence-corrected chi connectivity index (χ0v) is 22.4. The summed E-state index contributed by atoms with van der Waals surface area (Å²) in [5.74, 6) is 0.821. The largest absolute Gasteiger partial charge is 0.497 e. The molecule has 0 aliphatic carbocycles. The maximum atomic E-state index is 13.7. The minimum absolute atomic E-state index is 0.184. The molecule has 0 aliphatic heterocycles. The van der Waals surface area contributed by atoms with Crippen LogP contribution in [0.25, 0.3) is 0 Å². The molecule has 200 valence electrons. The van der Waals surface area contributed by atoms with Crippen molar-refractivity contribution >= 4 is 11.8 Å². The minimum atomic E-state index is -0.744. The third kappa shape index (κ3) is 8.20.